The van der Waals surface area contributed by atoms with Crippen molar-refractivity contribution >= 4 is 11.0 Å². The number of nitriles is 1. The number of hydrogen-bond acceptors (Lipinski definition) is 4. The minimum absolute atomic E-state index is 0.599. The van der Waals surface area contributed by atoms with E-state index in [4.69, 9.17) is 5.26 Å². The third kappa shape index (κ3) is 1.37. The molecular formula is C11H8N6. The van der Waals surface area contributed by atoms with E-state index in [9.17, 15) is 0 Å². The maximum absolute atomic E-state index is 8.85. The number of rotatable bonds is 1. The first kappa shape index (κ1) is 9.54. The van der Waals surface area contributed by atoms with E-state index in [-0.39, 0.29) is 0 Å². The highest BCUT2D eigenvalue weighted by molar-refractivity contribution is 5.81. The van der Waals surface area contributed by atoms with Crippen LogP contribution in [0.1, 0.15) is 5.56 Å². The number of aromatic nitrogens is 5. The second-order valence-corrected chi connectivity index (χ2v) is 3.66. The maximum Gasteiger partial charge on any atom is 0.163 e. The molecular weight excluding hydrogens is 216 g/mol. The van der Waals surface area contributed by atoms with Crippen LogP contribution in [-0.2, 0) is 7.05 Å². The molecule has 82 valence electrons. The van der Waals surface area contributed by atoms with E-state index in [1.807, 2.05) is 17.7 Å². The standard InChI is InChI=1S/C11H8N6/c1-17-10-3-2-7(5-12)4-8(10)14-11(17)9-6-13-16-15-9/h2-4,6H,1H3,(H,13,15,16). The van der Waals surface area contributed by atoms with Gasteiger partial charge in [-0.2, -0.15) is 20.7 Å². The van der Waals surface area contributed by atoms with Gasteiger partial charge in [0, 0.05) is 7.05 Å². The lowest BCUT2D eigenvalue weighted by molar-refractivity contribution is 0.919. The molecule has 3 aromatic rings. The Kier molecular flexibility index (Phi) is 1.92. The number of nitrogens with zero attached hydrogens (tertiary/aromatic N) is 5. The summed E-state index contributed by atoms with van der Waals surface area (Å²) in [6.45, 7) is 0. The summed E-state index contributed by atoms with van der Waals surface area (Å²) >= 11 is 0. The van der Waals surface area contributed by atoms with E-state index >= 15 is 0 Å². The van der Waals surface area contributed by atoms with E-state index in [2.05, 4.69) is 26.5 Å². The zero-order valence-electron chi connectivity index (χ0n) is 9.05. The highest BCUT2D eigenvalue weighted by Crippen LogP contribution is 2.22. The highest BCUT2D eigenvalue weighted by Gasteiger charge is 2.11. The van der Waals surface area contributed by atoms with Gasteiger partial charge in [0.2, 0.25) is 0 Å². The Morgan fingerprint density at radius 2 is 2.29 bits per heavy atom. The van der Waals surface area contributed by atoms with Crippen molar-refractivity contribution in [3.05, 3.63) is 30.0 Å². The first-order valence-electron chi connectivity index (χ1n) is 5.02. The third-order valence-corrected chi connectivity index (χ3v) is 2.65. The molecule has 0 aliphatic heterocycles. The van der Waals surface area contributed by atoms with Gasteiger partial charge in [-0.05, 0) is 18.2 Å². The number of nitrogens with one attached hydrogen (secondary N) is 1. The number of aryl methyl sites for hydroxylation is 1. The van der Waals surface area contributed by atoms with Crippen LogP contribution in [0.15, 0.2) is 24.4 Å². The fraction of sp³-hybridized carbons (Fsp3) is 0.0909. The van der Waals surface area contributed by atoms with Gasteiger partial charge in [0.15, 0.2) is 5.82 Å². The zero-order chi connectivity index (χ0) is 11.8. The second-order valence-electron chi connectivity index (χ2n) is 3.66. The number of hydrogen-bond donors (Lipinski definition) is 1. The monoisotopic (exact) mass is 224 g/mol. The topological polar surface area (TPSA) is 83.2 Å². The number of H-pyrrole nitrogens is 1. The van der Waals surface area contributed by atoms with Crippen molar-refractivity contribution < 1.29 is 0 Å². The van der Waals surface area contributed by atoms with Gasteiger partial charge < -0.3 is 4.57 Å². The molecule has 0 unspecified atom stereocenters. The van der Waals surface area contributed by atoms with E-state index in [1.165, 1.54) is 0 Å². The second kappa shape index (κ2) is 3.42. The summed E-state index contributed by atoms with van der Waals surface area (Å²) in [6, 6.07) is 7.52. The molecule has 0 fully saturated rings. The Balaban J connectivity index is 2.29. The molecule has 1 N–H and O–H groups in total. The maximum atomic E-state index is 8.85. The largest absolute Gasteiger partial charge is 0.326 e. The lowest BCUT2D eigenvalue weighted by Crippen LogP contribution is -1.92. The highest BCUT2D eigenvalue weighted by atomic mass is 15.3. The van der Waals surface area contributed by atoms with E-state index < -0.39 is 0 Å². The summed E-state index contributed by atoms with van der Waals surface area (Å²) in [5.41, 5.74) is 3.02. The van der Waals surface area contributed by atoms with Crippen LogP contribution in [0.2, 0.25) is 0 Å². The van der Waals surface area contributed by atoms with Crippen LogP contribution in [-0.4, -0.2) is 25.0 Å². The average molecular weight is 224 g/mol. The van der Waals surface area contributed by atoms with Crippen molar-refractivity contribution in [1.29, 1.82) is 5.26 Å². The van der Waals surface area contributed by atoms with Crippen LogP contribution in [0, 0.1) is 11.3 Å². The molecule has 0 bridgehead atoms. The lowest BCUT2D eigenvalue weighted by Gasteiger charge is -1.97. The molecule has 0 spiro atoms. The van der Waals surface area contributed by atoms with Crippen molar-refractivity contribution in [2.45, 2.75) is 0 Å². The lowest BCUT2D eigenvalue weighted by atomic mass is 10.2. The van der Waals surface area contributed by atoms with Crippen molar-refractivity contribution in [3.8, 4) is 17.6 Å². The molecule has 2 heterocycles. The summed E-state index contributed by atoms with van der Waals surface area (Å²) < 4.78 is 1.92. The van der Waals surface area contributed by atoms with Gasteiger partial charge >= 0.3 is 0 Å². The van der Waals surface area contributed by atoms with Gasteiger partial charge in [-0.25, -0.2) is 4.98 Å². The first-order valence-corrected chi connectivity index (χ1v) is 5.02. The molecule has 3 rings (SSSR count). The van der Waals surface area contributed by atoms with Gasteiger partial charge in [-0.15, -0.1) is 0 Å². The molecule has 2 aromatic heterocycles. The predicted octanol–water partition coefficient (Wildman–Crippen LogP) is 1.23. The molecule has 6 heteroatoms. The van der Waals surface area contributed by atoms with Crippen LogP contribution in [0.3, 0.4) is 0 Å². The molecule has 0 saturated carbocycles. The quantitative estimate of drug-likeness (QED) is 0.673. The number of benzene rings is 1. The first-order chi connectivity index (χ1) is 8.29. The van der Waals surface area contributed by atoms with E-state index in [1.54, 1.807) is 18.3 Å². The van der Waals surface area contributed by atoms with Gasteiger partial charge in [-0.3, -0.25) is 0 Å². The number of fused-ring (bicyclic) bond motifs is 1. The van der Waals surface area contributed by atoms with Crippen molar-refractivity contribution in [1.82, 2.24) is 25.0 Å². The van der Waals surface area contributed by atoms with Gasteiger partial charge in [0.25, 0.3) is 0 Å². The van der Waals surface area contributed by atoms with Crippen molar-refractivity contribution in [3.63, 3.8) is 0 Å². The van der Waals surface area contributed by atoms with E-state index in [0.717, 1.165) is 16.9 Å². The molecule has 0 saturated heterocycles. The molecule has 6 nitrogen and oxygen atoms in total. The molecule has 0 amide bonds. The Morgan fingerprint density at radius 1 is 1.41 bits per heavy atom. The SMILES string of the molecule is Cn1c(-c2cn[nH]n2)nc2cc(C#N)ccc21. The van der Waals surface area contributed by atoms with Crippen LogP contribution in [0.5, 0.6) is 0 Å². The summed E-state index contributed by atoms with van der Waals surface area (Å²) in [4.78, 5) is 4.45. The normalized spacial score (nSPS) is 10.6. The molecule has 0 radical (unpaired) electrons. The van der Waals surface area contributed by atoms with Crippen molar-refractivity contribution in [2.75, 3.05) is 0 Å². The van der Waals surface area contributed by atoms with Crippen LogP contribution >= 0.6 is 0 Å². The summed E-state index contributed by atoms with van der Waals surface area (Å²) in [7, 11) is 1.91. The Hall–Kier alpha value is -2.68. The number of aromatic amines is 1. The Morgan fingerprint density at radius 3 is 3.00 bits per heavy atom. The summed E-state index contributed by atoms with van der Waals surface area (Å²) in [5.74, 6) is 0.726. The summed E-state index contributed by atoms with van der Waals surface area (Å²) in [5, 5.41) is 19.2. The zero-order valence-corrected chi connectivity index (χ0v) is 9.05. The van der Waals surface area contributed by atoms with Crippen LogP contribution < -0.4 is 0 Å². The Labute approximate surface area is 96.5 Å². The molecule has 17 heavy (non-hydrogen) atoms. The fourth-order valence-electron chi connectivity index (χ4n) is 1.81. The van der Waals surface area contributed by atoms with Gasteiger partial charge in [0.05, 0.1) is 28.9 Å². The fourth-order valence-corrected chi connectivity index (χ4v) is 1.81. The molecule has 1 aromatic carbocycles. The summed E-state index contributed by atoms with van der Waals surface area (Å²) in [6.07, 6.45) is 1.62. The molecule has 0 atom stereocenters. The van der Waals surface area contributed by atoms with Crippen LogP contribution in [0.4, 0.5) is 0 Å². The number of imidazole rings is 1. The predicted molar refractivity (Wildman–Crippen MR) is 60.8 cm³/mol. The van der Waals surface area contributed by atoms with E-state index in [0.29, 0.717) is 11.3 Å². The van der Waals surface area contributed by atoms with Gasteiger partial charge in [0.1, 0.15) is 5.69 Å². The van der Waals surface area contributed by atoms with Crippen molar-refractivity contribution in [2.24, 2.45) is 7.05 Å². The minimum atomic E-state index is 0.599. The smallest absolute Gasteiger partial charge is 0.163 e. The molecule has 0 aliphatic rings. The van der Waals surface area contributed by atoms with Crippen LogP contribution in [0.25, 0.3) is 22.6 Å². The minimum Gasteiger partial charge on any atom is -0.326 e. The van der Waals surface area contributed by atoms with Gasteiger partial charge in [-0.1, -0.05) is 0 Å². The average Bonchev–Trinajstić information content (AvgIpc) is 2.97. The Bertz CT molecular complexity index is 716. The molecule has 0 aliphatic carbocycles. The third-order valence-electron chi connectivity index (χ3n) is 2.65.